The molecule has 1 unspecified atom stereocenters. The van der Waals surface area contributed by atoms with Crippen LogP contribution in [0.15, 0.2) is 35.0 Å². The minimum absolute atomic E-state index is 0. The first-order chi connectivity index (χ1) is 9.47. The first kappa shape index (κ1) is 29.3. The fourth-order valence-electron chi connectivity index (χ4n) is 3.45. The van der Waals surface area contributed by atoms with Gasteiger partial charge in [0.25, 0.3) is 0 Å². The van der Waals surface area contributed by atoms with Crippen molar-refractivity contribution >= 4 is 13.3 Å². The maximum Gasteiger partial charge on any atom is 4.00 e. The second-order valence-electron chi connectivity index (χ2n) is 6.44. The summed E-state index contributed by atoms with van der Waals surface area (Å²) in [7, 11) is -1.58. The van der Waals surface area contributed by atoms with Gasteiger partial charge < -0.3 is 37.2 Å². The first-order valence-electron chi connectivity index (χ1n) is 7.84. The van der Waals surface area contributed by atoms with E-state index in [1.165, 1.54) is 35.6 Å². The molecule has 0 heterocycles. The molecule has 5 heteroatoms. The van der Waals surface area contributed by atoms with E-state index in [2.05, 4.69) is 64.6 Å². The molecule has 2 rings (SSSR count). The Morgan fingerprint density at radius 1 is 1.00 bits per heavy atom. The predicted octanol–water partition coefficient (Wildman–Crippen LogP) is -3.98. The standard InChI is InChI=1S/C19H27Si.3ClH.Ti/c1-6-7-11-20(5,19-10-8-9-17(19)4)18-13-15(2)12-16(3)14-18;;;;/h10,12-14H,6-8,11H2,1-5H3;3*1H;/q-1;;;;+4/p-3. The van der Waals surface area contributed by atoms with Gasteiger partial charge in [-0.2, -0.15) is 11.3 Å². The maximum atomic E-state index is 3.51. The zero-order valence-electron chi connectivity index (χ0n) is 15.3. The molecule has 0 N–H and O–H groups in total. The molecular weight excluding hydrogens is 411 g/mol. The molecule has 0 saturated heterocycles. The molecule has 0 aliphatic heterocycles. The van der Waals surface area contributed by atoms with Crippen molar-refractivity contribution in [2.75, 3.05) is 0 Å². The molecule has 1 aliphatic rings. The molecule has 0 saturated carbocycles. The van der Waals surface area contributed by atoms with Gasteiger partial charge >= 0.3 is 21.7 Å². The van der Waals surface area contributed by atoms with Gasteiger partial charge in [0.05, 0.1) is 0 Å². The molecule has 0 bridgehead atoms. The van der Waals surface area contributed by atoms with Gasteiger partial charge in [0.15, 0.2) is 0 Å². The van der Waals surface area contributed by atoms with Gasteiger partial charge in [-0.15, -0.1) is 6.42 Å². The van der Waals surface area contributed by atoms with Gasteiger partial charge in [-0.1, -0.05) is 73.8 Å². The van der Waals surface area contributed by atoms with Gasteiger partial charge in [-0.3, -0.25) is 6.08 Å². The number of unbranched alkanes of at least 4 members (excludes halogenated alkanes) is 1. The molecule has 132 valence electrons. The summed E-state index contributed by atoms with van der Waals surface area (Å²) in [5.74, 6) is 0. The minimum Gasteiger partial charge on any atom is -1.00 e. The number of allylic oxidation sites excluding steroid dienone is 4. The second kappa shape index (κ2) is 12.8. The van der Waals surface area contributed by atoms with Crippen molar-refractivity contribution in [3.63, 3.8) is 0 Å². The number of benzene rings is 1. The Kier molecular flexibility index (Phi) is 15.6. The minimum atomic E-state index is -1.58. The van der Waals surface area contributed by atoms with Gasteiger partial charge in [0.1, 0.15) is 0 Å². The summed E-state index contributed by atoms with van der Waals surface area (Å²) in [5.41, 5.74) is 4.22. The third-order valence-corrected chi connectivity index (χ3v) is 9.25. The number of aryl methyl sites for hydroxylation is 2. The Labute approximate surface area is 183 Å². The van der Waals surface area contributed by atoms with Crippen LogP contribution >= 0.6 is 0 Å². The molecule has 0 spiro atoms. The Balaban J connectivity index is -0.00000110. The molecule has 0 amide bonds. The Morgan fingerprint density at radius 2 is 1.54 bits per heavy atom. The van der Waals surface area contributed by atoms with E-state index in [1.54, 1.807) is 10.4 Å². The quantitative estimate of drug-likeness (QED) is 0.326. The first-order valence-corrected chi connectivity index (χ1v) is 10.6. The number of rotatable bonds is 5. The van der Waals surface area contributed by atoms with Crippen LogP contribution in [0.25, 0.3) is 0 Å². The molecule has 24 heavy (non-hydrogen) atoms. The molecule has 1 aliphatic carbocycles. The molecule has 1 atom stereocenters. The van der Waals surface area contributed by atoms with Crippen molar-refractivity contribution in [1.82, 2.24) is 0 Å². The van der Waals surface area contributed by atoms with Crippen molar-refractivity contribution in [2.24, 2.45) is 0 Å². The van der Waals surface area contributed by atoms with E-state index in [9.17, 15) is 0 Å². The summed E-state index contributed by atoms with van der Waals surface area (Å²) in [5, 5.41) is 3.24. The van der Waals surface area contributed by atoms with Gasteiger partial charge in [-0.05, 0) is 13.8 Å². The average Bonchev–Trinajstić information content (AvgIpc) is 2.81. The van der Waals surface area contributed by atoms with Crippen molar-refractivity contribution in [2.45, 2.75) is 59.5 Å². The monoisotopic (exact) mass is 436 g/mol. The second-order valence-corrected chi connectivity index (χ2v) is 10.7. The molecule has 0 nitrogen and oxygen atoms in total. The summed E-state index contributed by atoms with van der Waals surface area (Å²) >= 11 is 0. The summed E-state index contributed by atoms with van der Waals surface area (Å²) in [4.78, 5) is 0. The van der Waals surface area contributed by atoms with Crippen LogP contribution < -0.4 is 42.4 Å². The number of halogens is 3. The molecule has 0 aromatic heterocycles. The van der Waals surface area contributed by atoms with Crippen LogP contribution in [0.4, 0.5) is 0 Å². The van der Waals surface area contributed by atoms with E-state index in [1.807, 2.05) is 0 Å². The Morgan fingerprint density at radius 3 is 1.96 bits per heavy atom. The van der Waals surface area contributed by atoms with E-state index in [-0.39, 0.29) is 58.9 Å². The van der Waals surface area contributed by atoms with E-state index < -0.39 is 8.07 Å². The average molecular weight is 438 g/mol. The SMILES string of the molecule is CCCC[Si](C)(C1=CC[C-]=C1C)c1cc(C)cc(C)c1.[Cl-].[Cl-].[Cl-].[Ti+4]. The Bertz CT molecular complexity index is 549. The zero-order chi connectivity index (χ0) is 14.8. The van der Waals surface area contributed by atoms with E-state index in [4.69, 9.17) is 0 Å². The molecular formula is C19H27Cl3SiTi. The van der Waals surface area contributed by atoms with Crippen LogP contribution in [0.3, 0.4) is 0 Å². The molecule has 1 aromatic rings. The summed E-state index contributed by atoms with van der Waals surface area (Å²) in [6, 6.07) is 8.51. The third kappa shape index (κ3) is 6.67. The topological polar surface area (TPSA) is 0 Å². The van der Waals surface area contributed by atoms with Crippen LogP contribution in [-0.4, -0.2) is 8.07 Å². The normalized spacial score (nSPS) is 14.7. The summed E-state index contributed by atoms with van der Waals surface area (Å²) < 4.78 is 0. The largest absolute Gasteiger partial charge is 4.00 e. The van der Waals surface area contributed by atoms with Crippen LogP contribution in [0.2, 0.25) is 12.6 Å². The van der Waals surface area contributed by atoms with Crippen LogP contribution in [0.5, 0.6) is 0 Å². The van der Waals surface area contributed by atoms with Crippen LogP contribution in [0, 0.1) is 19.9 Å². The van der Waals surface area contributed by atoms with Crippen molar-refractivity contribution in [3.8, 4) is 0 Å². The van der Waals surface area contributed by atoms with Crippen molar-refractivity contribution in [3.05, 3.63) is 52.2 Å². The maximum absolute atomic E-state index is 3.51. The number of hydrogen-bond acceptors (Lipinski definition) is 0. The van der Waals surface area contributed by atoms with Gasteiger partial charge in [-0.25, -0.2) is 5.57 Å². The third-order valence-electron chi connectivity index (χ3n) is 4.56. The fourth-order valence-corrected chi connectivity index (χ4v) is 7.94. The number of hydrogen-bond donors (Lipinski definition) is 0. The molecule has 0 radical (unpaired) electrons. The predicted molar refractivity (Wildman–Crippen MR) is 92.0 cm³/mol. The van der Waals surface area contributed by atoms with Crippen LogP contribution in [0.1, 0.15) is 44.2 Å². The van der Waals surface area contributed by atoms with Crippen molar-refractivity contribution in [1.29, 1.82) is 0 Å². The molecule has 0 fully saturated rings. The Hall–Kier alpha value is 0.501. The van der Waals surface area contributed by atoms with E-state index in [0.29, 0.717) is 0 Å². The zero-order valence-corrected chi connectivity index (χ0v) is 20.1. The summed E-state index contributed by atoms with van der Waals surface area (Å²) in [6.45, 7) is 11.6. The van der Waals surface area contributed by atoms with Crippen molar-refractivity contribution < 1.29 is 58.9 Å². The summed E-state index contributed by atoms with van der Waals surface area (Å²) in [6.07, 6.45) is 9.58. The smallest absolute Gasteiger partial charge is 1.00 e. The van der Waals surface area contributed by atoms with E-state index >= 15 is 0 Å². The fraction of sp³-hybridized carbons (Fsp3) is 0.474. The van der Waals surface area contributed by atoms with Crippen LogP contribution in [-0.2, 0) is 21.7 Å². The van der Waals surface area contributed by atoms with Gasteiger partial charge in [0.2, 0.25) is 0 Å². The van der Waals surface area contributed by atoms with E-state index in [0.717, 1.165) is 6.42 Å². The molecule has 1 aromatic carbocycles. The van der Waals surface area contributed by atoms with Gasteiger partial charge in [0, 0.05) is 8.07 Å².